The van der Waals surface area contributed by atoms with Crippen molar-refractivity contribution in [2.45, 2.75) is 69.2 Å². The molecule has 0 bridgehead atoms. The average Bonchev–Trinajstić information content (AvgIpc) is 3.11. The van der Waals surface area contributed by atoms with Gasteiger partial charge >= 0.3 is 0 Å². The van der Waals surface area contributed by atoms with E-state index in [-0.39, 0.29) is 0 Å². The van der Waals surface area contributed by atoms with Crippen molar-refractivity contribution in [1.29, 1.82) is 0 Å². The average molecular weight is 555 g/mol. The molecule has 3 aromatic carbocycles. The Hall–Kier alpha value is -3.24. The molecule has 0 aromatic heterocycles. The third kappa shape index (κ3) is 4.41. The Bertz CT molecular complexity index is 1410. The highest BCUT2D eigenvalue weighted by atomic mass is 28.3. The SMILES string of the molecule is COc1cc(C)cc([Si](C2=C(C)C(C)=C(C)C2C)(c2cc(C)cc(OC)c2C)c2cc(C)cc(OC)c2C)c1C. The molecule has 0 saturated heterocycles. The normalized spacial score (nSPS) is 15.7. The summed E-state index contributed by atoms with van der Waals surface area (Å²) in [4.78, 5) is 0. The van der Waals surface area contributed by atoms with Crippen LogP contribution in [-0.2, 0) is 0 Å². The number of ether oxygens (including phenoxy) is 3. The van der Waals surface area contributed by atoms with Crippen LogP contribution >= 0.6 is 0 Å². The van der Waals surface area contributed by atoms with Crippen LogP contribution in [-0.4, -0.2) is 29.4 Å². The Morgan fingerprint density at radius 3 is 1.07 bits per heavy atom. The highest BCUT2D eigenvalue weighted by Crippen LogP contribution is 2.43. The molecule has 1 atom stereocenters. The summed E-state index contributed by atoms with van der Waals surface area (Å²) in [5.41, 5.74) is 11.5. The summed E-state index contributed by atoms with van der Waals surface area (Å²) in [6.45, 7) is 22.6. The molecule has 0 spiro atoms. The zero-order valence-corrected chi connectivity index (χ0v) is 27.8. The number of benzene rings is 3. The van der Waals surface area contributed by atoms with E-state index in [0.717, 1.165) is 17.2 Å². The molecule has 0 fully saturated rings. The first kappa shape index (κ1) is 29.7. The smallest absolute Gasteiger partial charge is 0.177 e. The fourth-order valence-corrected chi connectivity index (χ4v) is 13.9. The van der Waals surface area contributed by atoms with Crippen LogP contribution in [0, 0.1) is 47.5 Å². The van der Waals surface area contributed by atoms with Crippen LogP contribution in [0.2, 0.25) is 0 Å². The van der Waals surface area contributed by atoms with Crippen molar-refractivity contribution in [2.24, 2.45) is 5.92 Å². The van der Waals surface area contributed by atoms with Gasteiger partial charge in [0.1, 0.15) is 17.2 Å². The maximum Gasteiger partial charge on any atom is 0.177 e. The van der Waals surface area contributed by atoms with E-state index < -0.39 is 8.07 Å². The van der Waals surface area contributed by atoms with E-state index in [4.69, 9.17) is 14.2 Å². The number of hydrogen-bond acceptors (Lipinski definition) is 3. The summed E-state index contributed by atoms with van der Waals surface area (Å²) in [7, 11) is 2.39. The van der Waals surface area contributed by atoms with Crippen LogP contribution in [0.25, 0.3) is 0 Å². The lowest BCUT2D eigenvalue weighted by molar-refractivity contribution is 0.411. The van der Waals surface area contributed by atoms with Gasteiger partial charge in [-0.2, -0.15) is 0 Å². The molecule has 1 aliphatic rings. The van der Waals surface area contributed by atoms with Gasteiger partial charge in [-0.15, -0.1) is 0 Å². The Balaban J connectivity index is 2.43. The molecule has 3 aromatic rings. The van der Waals surface area contributed by atoms with Gasteiger partial charge in [-0.25, -0.2) is 0 Å². The van der Waals surface area contributed by atoms with Crippen LogP contribution in [0.3, 0.4) is 0 Å². The summed E-state index contributed by atoms with van der Waals surface area (Å²) in [5, 5.41) is 5.67. The zero-order chi connectivity index (χ0) is 29.7. The van der Waals surface area contributed by atoms with E-state index in [1.165, 1.54) is 65.7 Å². The van der Waals surface area contributed by atoms with Crippen molar-refractivity contribution < 1.29 is 14.2 Å². The predicted octanol–water partition coefficient (Wildman–Crippen LogP) is 6.87. The largest absolute Gasteiger partial charge is 0.496 e. The molecule has 0 radical (unpaired) electrons. The summed E-state index contributed by atoms with van der Waals surface area (Å²) in [6, 6.07) is 13.8. The lowest BCUT2D eigenvalue weighted by Crippen LogP contribution is -2.71. The van der Waals surface area contributed by atoms with E-state index in [0.29, 0.717) is 5.92 Å². The van der Waals surface area contributed by atoms with Gasteiger partial charge in [-0.3, -0.25) is 0 Å². The minimum atomic E-state index is -2.97. The third-order valence-corrected chi connectivity index (χ3v) is 15.0. The Morgan fingerprint density at radius 1 is 0.500 bits per heavy atom. The Kier molecular flexibility index (Phi) is 8.15. The topological polar surface area (TPSA) is 27.7 Å². The van der Waals surface area contributed by atoms with E-state index in [1.54, 1.807) is 26.5 Å². The van der Waals surface area contributed by atoms with Crippen LogP contribution in [0.1, 0.15) is 61.1 Å². The van der Waals surface area contributed by atoms with Crippen molar-refractivity contribution in [1.82, 2.24) is 0 Å². The molecule has 0 heterocycles. The molecule has 40 heavy (non-hydrogen) atoms. The first-order chi connectivity index (χ1) is 18.8. The zero-order valence-electron chi connectivity index (χ0n) is 26.8. The fourth-order valence-electron chi connectivity index (χ4n) is 7.12. The van der Waals surface area contributed by atoms with Crippen LogP contribution in [0.15, 0.2) is 58.3 Å². The molecule has 4 heteroatoms. The van der Waals surface area contributed by atoms with Crippen molar-refractivity contribution in [3.63, 3.8) is 0 Å². The van der Waals surface area contributed by atoms with Gasteiger partial charge in [0.25, 0.3) is 0 Å². The minimum Gasteiger partial charge on any atom is -0.496 e. The molecule has 0 aliphatic heterocycles. The van der Waals surface area contributed by atoms with Gasteiger partial charge in [0.05, 0.1) is 21.3 Å². The lowest BCUT2D eigenvalue weighted by Gasteiger charge is -2.42. The second-order valence-electron chi connectivity index (χ2n) is 11.7. The number of allylic oxidation sites excluding steroid dienone is 4. The van der Waals surface area contributed by atoms with Crippen molar-refractivity contribution >= 4 is 23.6 Å². The van der Waals surface area contributed by atoms with Crippen molar-refractivity contribution in [3.05, 3.63) is 91.7 Å². The predicted molar refractivity (Wildman–Crippen MR) is 172 cm³/mol. The molecule has 1 aliphatic carbocycles. The Morgan fingerprint density at radius 2 is 0.825 bits per heavy atom. The first-order valence-electron chi connectivity index (χ1n) is 14.2. The first-order valence-corrected chi connectivity index (χ1v) is 16.2. The fraction of sp³-hybridized carbons (Fsp3) is 0.389. The summed E-state index contributed by atoms with van der Waals surface area (Å²) in [6.07, 6.45) is 0. The highest BCUT2D eigenvalue weighted by molar-refractivity contribution is 7.17. The number of hydrogen-bond donors (Lipinski definition) is 0. The van der Waals surface area contributed by atoms with Gasteiger partial charge in [-0.05, 0) is 141 Å². The molecule has 0 N–H and O–H groups in total. The summed E-state index contributed by atoms with van der Waals surface area (Å²) in [5.74, 6) is 3.11. The quantitative estimate of drug-likeness (QED) is 0.236. The van der Waals surface area contributed by atoms with Gasteiger partial charge < -0.3 is 14.2 Å². The van der Waals surface area contributed by atoms with E-state index in [1.807, 2.05) is 0 Å². The molecule has 212 valence electrons. The third-order valence-electron chi connectivity index (χ3n) is 9.43. The van der Waals surface area contributed by atoms with E-state index in [9.17, 15) is 0 Å². The molecule has 4 rings (SSSR count). The number of rotatable bonds is 7. The van der Waals surface area contributed by atoms with Crippen LogP contribution in [0.4, 0.5) is 0 Å². The molecular weight excluding hydrogens is 508 g/mol. The maximum absolute atomic E-state index is 6.04. The monoisotopic (exact) mass is 554 g/mol. The van der Waals surface area contributed by atoms with Gasteiger partial charge in [0.2, 0.25) is 0 Å². The van der Waals surface area contributed by atoms with Gasteiger partial charge in [0, 0.05) is 0 Å². The van der Waals surface area contributed by atoms with Crippen LogP contribution in [0.5, 0.6) is 17.2 Å². The molecular formula is C36H46O3Si. The minimum absolute atomic E-state index is 0.300. The molecule has 0 saturated carbocycles. The standard InChI is InChI=1S/C36H46O3Si/c1-20-14-30(37-11)27(8)33(17-20)40(36-25(6)23(4)24(5)26(36)7,34-18-21(2)15-31(38-12)28(34)9)35-19-22(3)16-32(39-13)29(35)10/h14-19,25H,1-13H3. The molecule has 1 unspecified atom stereocenters. The number of methoxy groups -OCH3 is 3. The van der Waals surface area contributed by atoms with E-state index in [2.05, 4.69) is 106 Å². The molecule has 3 nitrogen and oxygen atoms in total. The van der Waals surface area contributed by atoms with Crippen molar-refractivity contribution in [3.8, 4) is 17.2 Å². The maximum atomic E-state index is 6.04. The second kappa shape index (κ2) is 11.0. The highest BCUT2D eigenvalue weighted by Gasteiger charge is 2.51. The van der Waals surface area contributed by atoms with Crippen molar-refractivity contribution in [2.75, 3.05) is 21.3 Å². The van der Waals surface area contributed by atoms with E-state index >= 15 is 0 Å². The summed E-state index contributed by atoms with van der Waals surface area (Å²) >= 11 is 0. The summed E-state index contributed by atoms with van der Waals surface area (Å²) < 4.78 is 18.1. The second-order valence-corrected chi connectivity index (χ2v) is 15.4. The lowest BCUT2D eigenvalue weighted by atomic mass is 10.1. The molecule has 0 amide bonds. The van der Waals surface area contributed by atoms with Gasteiger partial charge in [-0.1, -0.05) is 41.5 Å². The number of aryl methyl sites for hydroxylation is 3. The Labute approximate surface area is 242 Å². The van der Waals surface area contributed by atoms with Gasteiger partial charge in [0.15, 0.2) is 8.07 Å². The van der Waals surface area contributed by atoms with Crippen LogP contribution < -0.4 is 29.8 Å².